The highest BCUT2D eigenvalue weighted by Crippen LogP contribution is 2.32. The third-order valence-corrected chi connectivity index (χ3v) is 4.25. The van der Waals surface area contributed by atoms with Crippen molar-refractivity contribution >= 4 is 11.6 Å². The topological polar surface area (TPSA) is 114 Å². The first-order valence-electron chi connectivity index (χ1n) is 8.57. The number of hydrogen-bond acceptors (Lipinski definition) is 6. The molecule has 1 aliphatic rings. The lowest BCUT2D eigenvalue weighted by molar-refractivity contribution is -0.385. The van der Waals surface area contributed by atoms with E-state index in [1.165, 1.54) is 18.2 Å². The standard InChI is InChI=1S/C19H20N2O6/c20-19(22)14-3-6-17(21(23)24)18(11-14)27-16-4-1-13(2-5-16)12-26-15-7-9-25-10-8-15/h1-6,11,15H,7-10,12H2,(H2,20,22). The summed E-state index contributed by atoms with van der Waals surface area (Å²) < 4.78 is 16.8. The first-order valence-corrected chi connectivity index (χ1v) is 8.57. The van der Waals surface area contributed by atoms with Crippen molar-refractivity contribution in [3.8, 4) is 11.5 Å². The van der Waals surface area contributed by atoms with E-state index in [1.807, 2.05) is 12.1 Å². The van der Waals surface area contributed by atoms with Gasteiger partial charge in [0.2, 0.25) is 11.7 Å². The zero-order valence-electron chi connectivity index (χ0n) is 14.6. The van der Waals surface area contributed by atoms with Crippen molar-refractivity contribution in [3.63, 3.8) is 0 Å². The van der Waals surface area contributed by atoms with Crippen LogP contribution in [0.5, 0.6) is 11.5 Å². The van der Waals surface area contributed by atoms with E-state index >= 15 is 0 Å². The maximum absolute atomic E-state index is 11.3. The first kappa shape index (κ1) is 18.8. The zero-order valence-corrected chi connectivity index (χ0v) is 14.6. The van der Waals surface area contributed by atoms with E-state index in [9.17, 15) is 14.9 Å². The molecule has 1 heterocycles. The Morgan fingerprint density at radius 3 is 2.52 bits per heavy atom. The smallest absolute Gasteiger partial charge is 0.311 e. The van der Waals surface area contributed by atoms with Gasteiger partial charge < -0.3 is 19.9 Å². The Morgan fingerprint density at radius 2 is 1.89 bits per heavy atom. The van der Waals surface area contributed by atoms with Crippen LogP contribution in [0.1, 0.15) is 28.8 Å². The molecular weight excluding hydrogens is 352 g/mol. The van der Waals surface area contributed by atoms with E-state index in [0.29, 0.717) is 12.4 Å². The molecule has 0 saturated carbocycles. The highest BCUT2D eigenvalue weighted by molar-refractivity contribution is 5.93. The van der Waals surface area contributed by atoms with E-state index < -0.39 is 10.8 Å². The molecule has 0 bridgehead atoms. The van der Waals surface area contributed by atoms with Crippen LogP contribution in [-0.4, -0.2) is 30.1 Å². The highest BCUT2D eigenvalue weighted by Gasteiger charge is 2.18. The maximum Gasteiger partial charge on any atom is 0.311 e. The Kier molecular flexibility index (Phi) is 6.00. The Bertz CT molecular complexity index is 815. The normalized spacial score (nSPS) is 14.7. The lowest BCUT2D eigenvalue weighted by atomic mass is 10.1. The lowest BCUT2D eigenvalue weighted by Crippen LogP contribution is -2.23. The molecule has 8 nitrogen and oxygen atoms in total. The molecule has 0 aromatic heterocycles. The van der Waals surface area contributed by atoms with Crippen molar-refractivity contribution in [2.45, 2.75) is 25.6 Å². The molecular formula is C19H20N2O6. The summed E-state index contributed by atoms with van der Waals surface area (Å²) in [6, 6.07) is 10.8. The minimum atomic E-state index is -0.685. The average molecular weight is 372 g/mol. The lowest BCUT2D eigenvalue weighted by Gasteiger charge is -2.22. The Hall–Kier alpha value is -2.97. The summed E-state index contributed by atoms with van der Waals surface area (Å²) in [4.78, 5) is 21.9. The molecule has 0 atom stereocenters. The van der Waals surface area contributed by atoms with Crippen LogP contribution in [0.25, 0.3) is 0 Å². The molecule has 3 rings (SSSR count). The van der Waals surface area contributed by atoms with Gasteiger partial charge in [0.25, 0.3) is 0 Å². The summed E-state index contributed by atoms with van der Waals surface area (Å²) in [6.07, 6.45) is 1.98. The van der Waals surface area contributed by atoms with Crippen molar-refractivity contribution in [3.05, 3.63) is 63.7 Å². The van der Waals surface area contributed by atoms with E-state index in [4.69, 9.17) is 19.9 Å². The van der Waals surface area contributed by atoms with Crippen LogP contribution >= 0.6 is 0 Å². The number of benzene rings is 2. The van der Waals surface area contributed by atoms with Gasteiger partial charge in [0, 0.05) is 30.9 Å². The predicted octanol–water partition coefficient (Wildman–Crippen LogP) is 3.18. The molecule has 1 saturated heterocycles. The van der Waals surface area contributed by atoms with Crippen molar-refractivity contribution < 1.29 is 23.9 Å². The second-order valence-corrected chi connectivity index (χ2v) is 6.17. The van der Waals surface area contributed by atoms with Crippen molar-refractivity contribution in [1.29, 1.82) is 0 Å². The monoisotopic (exact) mass is 372 g/mol. The van der Waals surface area contributed by atoms with Gasteiger partial charge in [0.1, 0.15) is 5.75 Å². The van der Waals surface area contributed by atoms with Gasteiger partial charge in [0.05, 0.1) is 17.6 Å². The number of nitrogens with two attached hydrogens (primary N) is 1. The Balaban J connectivity index is 1.67. The molecule has 2 aromatic carbocycles. The van der Waals surface area contributed by atoms with Gasteiger partial charge in [-0.2, -0.15) is 0 Å². The maximum atomic E-state index is 11.3. The molecule has 142 valence electrons. The van der Waals surface area contributed by atoms with E-state index in [2.05, 4.69) is 0 Å². The molecule has 0 unspecified atom stereocenters. The summed E-state index contributed by atoms with van der Waals surface area (Å²) in [5.41, 5.74) is 6.09. The molecule has 2 aromatic rings. The molecule has 0 radical (unpaired) electrons. The Labute approximate surface area is 156 Å². The quantitative estimate of drug-likeness (QED) is 0.590. The molecule has 27 heavy (non-hydrogen) atoms. The van der Waals surface area contributed by atoms with Crippen molar-refractivity contribution in [2.24, 2.45) is 5.73 Å². The fourth-order valence-electron chi connectivity index (χ4n) is 2.74. The number of rotatable bonds is 7. The molecule has 1 fully saturated rings. The second-order valence-electron chi connectivity index (χ2n) is 6.17. The van der Waals surface area contributed by atoms with E-state index in [0.717, 1.165) is 31.6 Å². The molecule has 0 aliphatic carbocycles. The summed E-state index contributed by atoms with van der Waals surface area (Å²) >= 11 is 0. The fourth-order valence-corrected chi connectivity index (χ4v) is 2.74. The van der Waals surface area contributed by atoms with Gasteiger partial charge in [-0.25, -0.2) is 0 Å². The molecule has 8 heteroatoms. The number of carbonyl (C=O) groups excluding carboxylic acids is 1. The number of nitrogens with zero attached hydrogens (tertiary/aromatic N) is 1. The van der Waals surface area contributed by atoms with Gasteiger partial charge in [-0.1, -0.05) is 12.1 Å². The third-order valence-electron chi connectivity index (χ3n) is 4.25. The molecule has 1 aliphatic heterocycles. The van der Waals surface area contributed by atoms with Crippen LogP contribution in [0, 0.1) is 10.1 Å². The number of ether oxygens (including phenoxy) is 3. The Morgan fingerprint density at radius 1 is 1.19 bits per heavy atom. The van der Waals surface area contributed by atoms with Crippen LogP contribution in [0.15, 0.2) is 42.5 Å². The minimum absolute atomic E-state index is 0.0393. The first-order chi connectivity index (χ1) is 13.0. The molecule has 1 amide bonds. The van der Waals surface area contributed by atoms with Gasteiger partial charge in [-0.15, -0.1) is 0 Å². The van der Waals surface area contributed by atoms with E-state index in [1.54, 1.807) is 12.1 Å². The SMILES string of the molecule is NC(=O)c1ccc([N+](=O)[O-])c(Oc2ccc(COC3CCOCC3)cc2)c1. The summed E-state index contributed by atoms with van der Waals surface area (Å²) in [6.45, 7) is 1.92. The zero-order chi connectivity index (χ0) is 19.2. The van der Waals surface area contributed by atoms with Crippen molar-refractivity contribution in [1.82, 2.24) is 0 Å². The average Bonchev–Trinajstić information content (AvgIpc) is 2.68. The highest BCUT2D eigenvalue weighted by atomic mass is 16.6. The molecule has 0 spiro atoms. The fraction of sp³-hybridized carbons (Fsp3) is 0.316. The minimum Gasteiger partial charge on any atom is -0.450 e. The van der Waals surface area contributed by atoms with Gasteiger partial charge >= 0.3 is 5.69 Å². The number of hydrogen-bond donors (Lipinski definition) is 1. The third kappa shape index (κ3) is 5.02. The number of nitro groups is 1. The van der Waals surface area contributed by atoms with Crippen LogP contribution < -0.4 is 10.5 Å². The molecule has 2 N–H and O–H groups in total. The van der Waals surface area contributed by atoms with Crippen LogP contribution in [0.4, 0.5) is 5.69 Å². The van der Waals surface area contributed by atoms with Gasteiger partial charge in [0.15, 0.2) is 0 Å². The number of primary amides is 1. The van der Waals surface area contributed by atoms with Gasteiger partial charge in [-0.3, -0.25) is 14.9 Å². The largest absolute Gasteiger partial charge is 0.450 e. The van der Waals surface area contributed by atoms with Crippen LogP contribution in [0.3, 0.4) is 0 Å². The van der Waals surface area contributed by atoms with Crippen LogP contribution in [0.2, 0.25) is 0 Å². The summed E-state index contributed by atoms with van der Waals surface area (Å²) in [5, 5.41) is 11.2. The van der Waals surface area contributed by atoms with Gasteiger partial charge in [-0.05, 0) is 36.6 Å². The number of carbonyl (C=O) groups is 1. The van der Waals surface area contributed by atoms with E-state index in [-0.39, 0.29) is 23.1 Å². The van der Waals surface area contributed by atoms with Crippen LogP contribution in [-0.2, 0) is 16.1 Å². The second kappa shape index (κ2) is 8.61. The number of amides is 1. The van der Waals surface area contributed by atoms with Crippen molar-refractivity contribution in [2.75, 3.05) is 13.2 Å². The predicted molar refractivity (Wildman–Crippen MR) is 96.8 cm³/mol. The number of nitro benzene ring substituents is 1. The summed E-state index contributed by atoms with van der Waals surface area (Å²) in [7, 11) is 0. The summed E-state index contributed by atoms with van der Waals surface area (Å²) in [5.74, 6) is -0.313.